The lowest BCUT2D eigenvalue weighted by molar-refractivity contribution is 0.0723. The van der Waals surface area contributed by atoms with Gasteiger partial charge in [0.05, 0.1) is 0 Å². The molecule has 1 aliphatic heterocycles. The summed E-state index contributed by atoms with van der Waals surface area (Å²) in [5.74, 6) is 0.124. The highest BCUT2D eigenvalue weighted by atomic mass is 79.9. The number of amides is 1. The van der Waals surface area contributed by atoms with Gasteiger partial charge in [0.15, 0.2) is 0 Å². The second kappa shape index (κ2) is 6.53. The summed E-state index contributed by atoms with van der Waals surface area (Å²) in [4.78, 5) is 14.6. The van der Waals surface area contributed by atoms with Crippen LogP contribution in [0.5, 0.6) is 0 Å². The highest BCUT2D eigenvalue weighted by Gasteiger charge is 2.29. The molecule has 1 aliphatic rings. The Morgan fingerprint density at radius 1 is 1.53 bits per heavy atom. The first kappa shape index (κ1) is 14.5. The fourth-order valence-electron chi connectivity index (χ4n) is 2.72. The maximum absolute atomic E-state index is 12.6. The van der Waals surface area contributed by atoms with Crippen LogP contribution < -0.4 is 0 Å². The Hall–Kier alpha value is -0.870. The van der Waals surface area contributed by atoms with Gasteiger partial charge in [-0.25, -0.2) is 0 Å². The third-order valence-electron chi connectivity index (χ3n) is 3.83. The quantitative estimate of drug-likeness (QED) is 0.923. The van der Waals surface area contributed by atoms with E-state index in [-0.39, 0.29) is 18.6 Å². The number of rotatable bonds is 4. The van der Waals surface area contributed by atoms with Gasteiger partial charge in [-0.1, -0.05) is 22.0 Å². The van der Waals surface area contributed by atoms with Gasteiger partial charge in [-0.2, -0.15) is 0 Å². The molecular formula is C15H20BrNO2. The van der Waals surface area contributed by atoms with Crippen molar-refractivity contribution < 1.29 is 9.90 Å². The SMILES string of the molecule is Cc1c(Br)cccc1C(=O)N1CCCC1CCCO. The van der Waals surface area contributed by atoms with Gasteiger partial charge in [-0.05, 0) is 50.3 Å². The van der Waals surface area contributed by atoms with E-state index in [1.807, 2.05) is 30.0 Å². The molecule has 1 aromatic carbocycles. The summed E-state index contributed by atoms with van der Waals surface area (Å²) in [7, 11) is 0. The molecule has 0 aromatic heterocycles. The lowest BCUT2D eigenvalue weighted by atomic mass is 10.1. The van der Waals surface area contributed by atoms with Gasteiger partial charge in [0.2, 0.25) is 0 Å². The van der Waals surface area contributed by atoms with E-state index in [1.54, 1.807) is 0 Å². The van der Waals surface area contributed by atoms with E-state index in [4.69, 9.17) is 5.11 Å². The Kier molecular flexibility index (Phi) is 4.99. The first-order valence-electron chi connectivity index (χ1n) is 6.82. The molecule has 104 valence electrons. The zero-order chi connectivity index (χ0) is 13.8. The van der Waals surface area contributed by atoms with Crippen LogP contribution in [0.15, 0.2) is 22.7 Å². The number of aliphatic hydroxyl groups excluding tert-OH is 1. The van der Waals surface area contributed by atoms with Crippen molar-refractivity contribution in [1.82, 2.24) is 4.90 Å². The maximum atomic E-state index is 12.6. The second-order valence-corrected chi connectivity index (χ2v) is 5.93. The summed E-state index contributed by atoms with van der Waals surface area (Å²) < 4.78 is 0.976. The minimum absolute atomic E-state index is 0.124. The van der Waals surface area contributed by atoms with Crippen molar-refractivity contribution in [2.24, 2.45) is 0 Å². The van der Waals surface area contributed by atoms with Crippen LogP contribution in [0, 0.1) is 6.92 Å². The number of carbonyl (C=O) groups excluding carboxylic acids is 1. The number of aliphatic hydroxyl groups is 1. The molecule has 4 heteroatoms. The summed E-state index contributed by atoms with van der Waals surface area (Å²) >= 11 is 3.48. The van der Waals surface area contributed by atoms with Crippen LogP contribution in [-0.4, -0.2) is 35.1 Å². The van der Waals surface area contributed by atoms with Gasteiger partial charge in [0, 0.05) is 29.2 Å². The molecule has 19 heavy (non-hydrogen) atoms. The Morgan fingerprint density at radius 3 is 3.05 bits per heavy atom. The Balaban J connectivity index is 2.16. The van der Waals surface area contributed by atoms with E-state index in [1.165, 1.54) is 0 Å². The summed E-state index contributed by atoms with van der Waals surface area (Å²) in [6.45, 7) is 3.01. The van der Waals surface area contributed by atoms with Gasteiger partial charge in [0.1, 0.15) is 0 Å². The highest BCUT2D eigenvalue weighted by Crippen LogP contribution is 2.26. The number of nitrogens with zero attached hydrogens (tertiary/aromatic N) is 1. The van der Waals surface area contributed by atoms with Crippen LogP contribution >= 0.6 is 15.9 Å². The van der Waals surface area contributed by atoms with Crippen molar-refractivity contribution >= 4 is 21.8 Å². The van der Waals surface area contributed by atoms with E-state index in [0.29, 0.717) is 0 Å². The normalized spacial score (nSPS) is 18.9. The summed E-state index contributed by atoms with van der Waals surface area (Å²) in [5.41, 5.74) is 1.78. The summed E-state index contributed by atoms with van der Waals surface area (Å²) in [6.07, 6.45) is 3.79. The van der Waals surface area contributed by atoms with Crippen molar-refractivity contribution in [3.05, 3.63) is 33.8 Å². The molecule has 0 aliphatic carbocycles. The molecule has 1 heterocycles. The Morgan fingerprint density at radius 2 is 2.32 bits per heavy atom. The molecule has 0 bridgehead atoms. The molecule has 2 rings (SSSR count). The Labute approximate surface area is 122 Å². The summed E-state index contributed by atoms with van der Waals surface area (Å²) in [5, 5.41) is 8.94. The van der Waals surface area contributed by atoms with Gasteiger partial charge in [0.25, 0.3) is 5.91 Å². The molecule has 1 amide bonds. The fraction of sp³-hybridized carbons (Fsp3) is 0.533. The predicted molar refractivity (Wildman–Crippen MR) is 79.3 cm³/mol. The lowest BCUT2D eigenvalue weighted by Crippen LogP contribution is -2.36. The minimum atomic E-state index is 0.124. The maximum Gasteiger partial charge on any atom is 0.254 e. The largest absolute Gasteiger partial charge is 0.396 e. The van der Waals surface area contributed by atoms with Crippen LogP contribution in [0.2, 0.25) is 0 Å². The average molecular weight is 326 g/mol. The first-order valence-corrected chi connectivity index (χ1v) is 7.61. The van der Waals surface area contributed by atoms with Gasteiger partial charge >= 0.3 is 0 Å². The van der Waals surface area contributed by atoms with Crippen LogP contribution in [0.25, 0.3) is 0 Å². The lowest BCUT2D eigenvalue weighted by Gasteiger charge is -2.25. The molecule has 0 radical (unpaired) electrons. The number of carbonyl (C=O) groups is 1. The standard InChI is InChI=1S/C15H20BrNO2/c1-11-13(7-2-8-14(11)16)15(19)17-9-3-5-12(17)6-4-10-18/h2,7-8,12,18H,3-6,9-10H2,1H3. The molecule has 3 nitrogen and oxygen atoms in total. The smallest absolute Gasteiger partial charge is 0.254 e. The van der Waals surface area contributed by atoms with Crippen LogP contribution in [0.3, 0.4) is 0 Å². The average Bonchev–Trinajstić information content (AvgIpc) is 2.87. The second-order valence-electron chi connectivity index (χ2n) is 5.07. The number of hydrogen-bond acceptors (Lipinski definition) is 2. The minimum Gasteiger partial charge on any atom is -0.396 e. The first-order chi connectivity index (χ1) is 9.15. The predicted octanol–water partition coefficient (Wildman–Crippen LogP) is 3.13. The Bertz CT molecular complexity index is 461. The van der Waals surface area contributed by atoms with Gasteiger partial charge in [-0.3, -0.25) is 4.79 Å². The van der Waals surface area contributed by atoms with Crippen molar-refractivity contribution in [2.75, 3.05) is 13.2 Å². The van der Waals surface area contributed by atoms with Gasteiger partial charge in [-0.15, -0.1) is 0 Å². The highest BCUT2D eigenvalue weighted by molar-refractivity contribution is 9.10. The molecular weight excluding hydrogens is 306 g/mol. The fourth-order valence-corrected chi connectivity index (χ4v) is 3.09. The van der Waals surface area contributed by atoms with E-state index in [2.05, 4.69) is 15.9 Å². The molecule has 1 fully saturated rings. The zero-order valence-corrected chi connectivity index (χ0v) is 12.8. The van der Waals surface area contributed by atoms with Crippen molar-refractivity contribution in [3.63, 3.8) is 0 Å². The molecule has 0 saturated carbocycles. The van der Waals surface area contributed by atoms with E-state index in [9.17, 15) is 4.79 Å². The van der Waals surface area contributed by atoms with E-state index >= 15 is 0 Å². The third kappa shape index (κ3) is 3.18. The van der Waals surface area contributed by atoms with E-state index in [0.717, 1.165) is 47.8 Å². The molecule has 1 saturated heterocycles. The third-order valence-corrected chi connectivity index (χ3v) is 4.69. The topological polar surface area (TPSA) is 40.5 Å². The monoisotopic (exact) mass is 325 g/mol. The molecule has 1 atom stereocenters. The zero-order valence-electron chi connectivity index (χ0n) is 11.2. The van der Waals surface area contributed by atoms with Crippen LogP contribution in [0.4, 0.5) is 0 Å². The number of likely N-dealkylation sites (tertiary alicyclic amines) is 1. The molecule has 1 unspecified atom stereocenters. The van der Waals surface area contributed by atoms with Crippen molar-refractivity contribution in [1.29, 1.82) is 0 Å². The number of hydrogen-bond donors (Lipinski definition) is 1. The van der Waals surface area contributed by atoms with Crippen molar-refractivity contribution in [2.45, 2.75) is 38.6 Å². The number of benzene rings is 1. The molecule has 1 aromatic rings. The number of halogens is 1. The summed E-state index contributed by atoms with van der Waals surface area (Å²) in [6, 6.07) is 6.05. The molecule has 0 spiro atoms. The van der Waals surface area contributed by atoms with Crippen LogP contribution in [0.1, 0.15) is 41.6 Å². The molecule has 1 N–H and O–H groups in total. The van der Waals surface area contributed by atoms with E-state index < -0.39 is 0 Å². The van der Waals surface area contributed by atoms with Crippen LogP contribution in [-0.2, 0) is 0 Å². The van der Waals surface area contributed by atoms with Gasteiger partial charge < -0.3 is 10.0 Å². The van der Waals surface area contributed by atoms with Crippen molar-refractivity contribution in [3.8, 4) is 0 Å².